The number of aliphatic hydroxyl groups excluding tert-OH is 2. The van der Waals surface area contributed by atoms with Gasteiger partial charge >= 0.3 is 0 Å². The van der Waals surface area contributed by atoms with Crippen molar-refractivity contribution in [1.82, 2.24) is 45.3 Å². The van der Waals surface area contributed by atoms with Crippen LogP contribution in [-0.2, 0) is 30.5 Å². The minimum Gasteiger partial charge on any atom is -0.393 e. The number of carbonyl (C=O) groups excluding carboxylic acids is 5. The van der Waals surface area contributed by atoms with Crippen LogP contribution < -0.4 is 26.8 Å². The van der Waals surface area contributed by atoms with Gasteiger partial charge in [-0.05, 0) is 116 Å². The van der Waals surface area contributed by atoms with E-state index in [0.717, 1.165) is 79.9 Å². The van der Waals surface area contributed by atoms with Gasteiger partial charge in [-0.15, -0.1) is 11.3 Å². The number of hydrogen-bond donors (Lipinski definition) is 7. The number of hydrogen-bond acceptors (Lipinski definition) is 11. The summed E-state index contributed by atoms with van der Waals surface area (Å²) in [5.74, 6) is 4.24. The molecule has 1 unspecified atom stereocenters. The first-order chi connectivity index (χ1) is 42.8. The summed E-state index contributed by atoms with van der Waals surface area (Å²) in [6.45, 7) is 8.27. The molecule has 4 atom stereocenters. The molecule has 0 spiro atoms. The third-order valence-corrected chi connectivity index (χ3v) is 18.3. The topological polar surface area (TPSA) is 237 Å². The number of fused-ring (bicyclic) bond motifs is 1. The molecular formula is C70H81FN10O7S. The van der Waals surface area contributed by atoms with E-state index in [4.69, 9.17) is 4.98 Å². The first kappa shape index (κ1) is 63.7. The van der Waals surface area contributed by atoms with Crippen LogP contribution in [0.3, 0.4) is 0 Å². The highest BCUT2D eigenvalue weighted by molar-refractivity contribution is 7.13. The second-order valence-corrected chi connectivity index (χ2v) is 26.0. The van der Waals surface area contributed by atoms with E-state index in [1.807, 2.05) is 90.6 Å². The predicted molar refractivity (Wildman–Crippen MR) is 342 cm³/mol. The van der Waals surface area contributed by atoms with Crippen molar-refractivity contribution in [3.05, 3.63) is 149 Å². The van der Waals surface area contributed by atoms with Crippen LogP contribution >= 0.6 is 11.3 Å². The lowest BCUT2D eigenvalue weighted by molar-refractivity contribution is -0.145. The number of nitrogens with one attached hydrogen (secondary N) is 5. The van der Waals surface area contributed by atoms with Gasteiger partial charge in [0.25, 0.3) is 5.91 Å². The number of unbranched alkanes of at least 4 members (excludes halogenated alkanes) is 3. The molecule has 7 N–H and O–H groups in total. The van der Waals surface area contributed by atoms with Gasteiger partial charge in [-0.3, -0.25) is 29.4 Å². The molecule has 3 aliphatic rings. The van der Waals surface area contributed by atoms with Crippen LogP contribution in [0.1, 0.15) is 145 Å². The maximum atomic E-state index is 14.8. The standard InChI is InChI=1S/C70H81FN10O7S/c1-45-62(89-44-76-45)51-28-26-48(27-29-51)55(77-66(86)56-39-54(83)42-79(56)67(87)63(69(2,3)4)78-68(88)70(71)34-35-70)40-58(85)74-37-16-15-36-73-57(84)25-14-6-5-9-18-46-19-17-20-47(38-46)41-80-61(50-23-12-8-13-24-50)59(49-21-10-7-11-22-49)60-64(72)81(43-75-65(60)80)52-30-32-53(82)33-31-52/h7-8,10-13,17,19-24,26-29,38,43-44,52-56,63,72,82-83H,5-6,14-16,25,30-37,39-42H2,1-4H3,(H,73,84)(H,74,85)(H,77,86)(H,78,88)/t52?,53?,54-,55+,56+,63?/m1/s1. The Balaban J connectivity index is 0.701. The van der Waals surface area contributed by atoms with E-state index in [-0.39, 0.29) is 56.2 Å². The Morgan fingerprint density at radius 3 is 2.15 bits per heavy atom. The van der Waals surface area contributed by atoms with Crippen LogP contribution in [-0.4, -0.2) is 113 Å². The Morgan fingerprint density at radius 1 is 0.798 bits per heavy atom. The number of amides is 5. The number of aliphatic hydroxyl groups is 2. The first-order valence-corrected chi connectivity index (χ1v) is 32.1. The van der Waals surface area contributed by atoms with E-state index in [1.165, 1.54) is 16.2 Å². The van der Waals surface area contributed by atoms with Gasteiger partial charge < -0.3 is 45.5 Å². The van der Waals surface area contributed by atoms with Crippen molar-refractivity contribution in [2.45, 2.75) is 166 Å². The summed E-state index contributed by atoms with van der Waals surface area (Å²) in [6.07, 6.45) is 7.07. The number of β-amino-alcohol motifs (C(OH)–C–C–N with tert-alkyl or cyclic N) is 1. The van der Waals surface area contributed by atoms with E-state index in [9.17, 15) is 44.0 Å². The van der Waals surface area contributed by atoms with Gasteiger partial charge in [0.15, 0.2) is 5.67 Å². The van der Waals surface area contributed by atoms with Gasteiger partial charge in [-0.25, -0.2) is 14.4 Å². The van der Waals surface area contributed by atoms with Crippen molar-refractivity contribution < 1.29 is 38.6 Å². The second-order valence-electron chi connectivity index (χ2n) is 25.1. The molecule has 10 rings (SSSR count). The largest absolute Gasteiger partial charge is 0.393 e. The summed E-state index contributed by atoms with van der Waals surface area (Å²) in [4.78, 5) is 79.4. The summed E-state index contributed by atoms with van der Waals surface area (Å²) in [6, 6.07) is 33.2. The van der Waals surface area contributed by atoms with Gasteiger partial charge in [0.1, 0.15) is 23.2 Å². The fourth-order valence-electron chi connectivity index (χ4n) is 12.1. The van der Waals surface area contributed by atoms with E-state index in [2.05, 4.69) is 79.1 Å². The molecule has 89 heavy (non-hydrogen) atoms. The van der Waals surface area contributed by atoms with Crippen LogP contribution in [0, 0.1) is 29.6 Å². The number of carbonyl (C=O) groups is 5. The quantitative estimate of drug-likeness (QED) is 0.0238. The van der Waals surface area contributed by atoms with Crippen LogP contribution in [0.25, 0.3) is 43.9 Å². The Hall–Kier alpha value is -8.31. The monoisotopic (exact) mass is 1220 g/mol. The number of halogens is 1. The van der Waals surface area contributed by atoms with E-state index in [1.54, 1.807) is 26.3 Å². The third kappa shape index (κ3) is 15.6. The predicted octanol–water partition coefficient (Wildman–Crippen LogP) is 9.77. The Kier molecular flexibility index (Phi) is 20.4. The molecule has 17 nitrogen and oxygen atoms in total. The summed E-state index contributed by atoms with van der Waals surface area (Å²) in [5.41, 5.74) is 8.42. The zero-order valence-electron chi connectivity index (χ0n) is 51.2. The molecule has 0 radical (unpaired) electrons. The minimum atomic E-state index is -2.02. The molecule has 5 amide bonds. The fraction of sp³-hybridized carbons (Fsp3) is 0.429. The fourth-order valence-corrected chi connectivity index (χ4v) is 13.0. The molecule has 7 aromatic rings. The zero-order valence-corrected chi connectivity index (χ0v) is 52.0. The van der Waals surface area contributed by atoms with Gasteiger partial charge in [-0.1, -0.05) is 130 Å². The molecule has 1 aliphatic heterocycles. The number of thiazole rings is 1. The molecule has 4 heterocycles. The van der Waals surface area contributed by atoms with Gasteiger partial charge in [0.05, 0.1) is 58.2 Å². The van der Waals surface area contributed by atoms with Crippen LogP contribution in [0.2, 0.25) is 0 Å². The average Bonchev–Trinajstić information content (AvgIpc) is 1.73. The van der Waals surface area contributed by atoms with Crippen molar-refractivity contribution in [1.29, 1.82) is 5.41 Å². The highest BCUT2D eigenvalue weighted by Gasteiger charge is 2.53. The van der Waals surface area contributed by atoms with Crippen molar-refractivity contribution in [3.63, 3.8) is 0 Å². The number of rotatable bonds is 23. The first-order valence-electron chi connectivity index (χ1n) is 31.2. The SMILES string of the molecule is Cc1ncsc1-c1ccc([C@H](CC(=O)NCCCCNC(=O)CCCCC#Cc2cccc(Cn3c(-c4ccccc4)c(-c4ccccc4)c4c(=N)n(C5CCC(O)CC5)cnc43)c2)NC(=O)[C@@H]2C[C@@H](O)CN2C(=O)C(NC(=O)C2(F)CC2)C(C)(C)C)cc1. The summed E-state index contributed by atoms with van der Waals surface area (Å²) < 4.78 is 19.0. The number of aromatic nitrogens is 4. The molecule has 3 fully saturated rings. The number of benzene rings is 4. The van der Waals surface area contributed by atoms with Gasteiger partial charge in [-0.2, -0.15) is 0 Å². The molecular weight excluding hydrogens is 1140 g/mol. The van der Waals surface area contributed by atoms with Crippen molar-refractivity contribution in [2.75, 3.05) is 19.6 Å². The molecule has 1 saturated heterocycles. The molecule has 2 saturated carbocycles. The number of nitrogens with zero attached hydrogens (tertiary/aromatic N) is 5. The van der Waals surface area contributed by atoms with E-state index in [0.29, 0.717) is 75.6 Å². The lowest BCUT2D eigenvalue weighted by Gasteiger charge is -2.36. The summed E-state index contributed by atoms with van der Waals surface area (Å²) in [7, 11) is 0. The highest BCUT2D eigenvalue weighted by atomic mass is 32.1. The van der Waals surface area contributed by atoms with Crippen molar-refractivity contribution in [2.24, 2.45) is 5.41 Å². The van der Waals surface area contributed by atoms with E-state index < -0.39 is 53.0 Å². The number of likely N-dealkylation sites (tertiary alicyclic amines) is 1. The van der Waals surface area contributed by atoms with Gasteiger partial charge in [0.2, 0.25) is 23.6 Å². The molecule has 19 heteroatoms. The third-order valence-electron chi connectivity index (χ3n) is 17.3. The molecule has 3 aromatic heterocycles. The molecule has 2 aliphatic carbocycles. The number of alkyl halides is 1. The Morgan fingerprint density at radius 2 is 1.48 bits per heavy atom. The lowest BCUT2D eigenvalue weighted by Crippen LogP contribution is -2.59. The Bertz CT molecular complexity index is 3780. The molecule has 4 aromatic carbocycles. The molecule has 466 valence electrons. The summed E-state index contributed by atoms with van der Waals surface area (Å²) in [5, 5.41) is 43.1. The molecule has 0 bridgehead atoms. The van der Waals surface area contributed by atoms with Crippen LogP contribution in [0.15, 0.2) is 121 Å². The maximum Gasteiger partial charge on any atom is 0.258 e. The lowest BCUT2D eigenvalue weighted by atomic mass is 9.85. The van der Waals surface area contributed by atoms with Crippen molar-refractivity contribution in [3.8, 4) is 44.7 Å². The van der Waals surface area contributed by atoms with Crippen molar-refractivity contribution >= 4 is 51.9 Å². The Labute approximate surface area is 523 Å². The zero-order chi connectivity index (χ0) is 62.8. The normalized spacial score (nSPS) is 18.5. The van der Waals surface area contributed by atoms with Gasteiger partial charge in [0, 0.05) is 62.6 Å². The summed E-state index contributed by atoms with van der Waals surface area (Å²) >= 11 is 1.50. The van der Waals surface area contributed by atoms with Crippen LogP contribution in [0.4, 0.5) is 4.39 Å². The van der Waals surface area contributed by atoms with Crippen LogP contribution in [0.5, 0.6) is 0 Å². The smallest absolute Gasteiger partial charge is 0.258 e. The average molecular weight is 1230 g/mol. The number of aryl methyl sites for hydroxylation is 1. The second kappa shape index (κ2) is 28.5. The van der Waals surface area contributed by atoms with E-state index >= 15 is 0 Å². The minimum absolute atomic E-state index is 0.0524. The highest BCUT2D eigenvalue weighted by Crippen LogP contribution is 2.42. The maximum absolute atomic E-state index is 14.8.